The van der Waals surface area contributed by atoms with Gasteiger partial charge in [0.15, 0.2) is 5.82 Å². The Labute approximate surface area is 281 Å². The molecular weight excluding hydrogens is 662 g/mol. The van der Waals surface area contributed by atoms with Crippen molar-refractivity contribution in [2.45, 2.75) is 49.6 Å². The predicted octanol–water partition coefficient (Wildman–Crippen LogP) is 2.33. The lowest BCUT2D eigenvalue weighted by Gasteiger charge is -2.37. The molecule has 3 aliphatic heterocycles. The van der Waals surface area contributed by atoms with Crippen LogP contribution in [0.25, 0.3) is 0 Å². The Kier molecular flexibility index (Phi) is 8.87. The molecule has 2 saturated heterocycles. The van der Waals surface area contributed by atoms with Crippen molar-refractivity contribution in [1.82, 2.24) is 19.4 Å². The number of primary amides is 1. The van der Waals surface area contributed by atoms with E-state index in [0.29, 0.717) is 61.2 Å². The van der Waals surface area contributed by atoms with Gasteiger partial charge in [0, 0.05) is 68.6 Å². The van der Waals surface area contributed by atoms with Crippen LogP contribution in [-0.2, 0) is 26.8 Å². The molecule has 1 aromatic heterocycles. The van der Waals surface area contributed by atoms with Crippen LogP contribution in [0.15, 0.2) is 35.2 Å². The number of sulfonamides is 1. The molecule has 5 N–H and O–H groups in total. The molecule has 0 radical (unpaired) electrons. The summed E-state index contributed by atoms with van der Waals surface area (Å²) < 4.78 is 56.2. The molecule has 0 unspecified atom stereocenters. The summed E-state index contributed by atoms with van der Waals surface area (Å²) in [5.74, 6) is -4.74. The van der Waals surface area contributed by atoms with E-state index in [1.165, 1.54) is 12.1 Å². The first-order chi connectivity index (χ1) is 23.1. The number of aromatic amines is 1. The number of H-pyrrole nitrogens is 1. The van der Waals surface area contributed by atoms with E-state index < -0.39 is 55.8 Å². The lowest BCUT2D eigenvalue weighted by Crippen LogP contribution is -2.46. The average Bonchev–Trinajstić information content (AvgIpc) is 3.68. The van der Waals surface area contributed by atoms with Gasteiger partial charge in [0.2, 0.25) is 15.9 Å². The van der Waals surface area contributed by atoms with E-state index >= 15 is 0 Å². The number of amides is 2. The Balaban J connectivity index is 1.38. The molecule has 2 aromatic carbocycles. The zero-order chi connectivity index (χ0) is 35.4. The number of hydrogen-bond acceptors (Lipinski definition) is 9. The first-order valence-corrected chi connectivity index (χ1v) is 17.3. The Morgan fingerprint density at radius 1 is 1.00 bits per heavy atom. The minimum atomic E-state index is -4.38. The second-order valence-electron chi connectivity index (χ2n) is 13.4. The van der Waals surface area contributed by atoms with Crippen LogP contribution >= 0.6 is 0 Å². The van der Waals surface area contributed by atoms with Crippen LogP contribution in [0, 0.1) is 11.6 Å². The molecule has 14 nitrogen and oxygen atoms in total. The number of nitrogens with two attached hydrogens (primary N) is 1. The van der Waals surface area contributed by atoms with E-state index in [1.807, 2.05) is 11.9 Å². The predicted molar refractivity (Wildman–Crippen MR) is 176 cm³/mol. The Bertz CT molecular complexity index is 1920. The normalized spacial score (nSPS) is 19.9. The van der Waals surface area contributed by atoms with Gasteiger partial charge in [-0.05, 0) is 44.2 Å². The molecule has 17 heteroatoms. The number of carbonyl (C=O) groups is 3. The van der Waals surface area contributed by atoms with Crippen molar-refractivity contribution in [2.75, 3.05) is 61.4 Å². The SMILES string of the molecule is CN1CCN(c2cc(C(N)=O)c(C(=O)Nc3n[nH]c4c3CN(S(=O)(=O)c3cc(F)cc(F)c3)CC4(C)C)cc2N2CCC[C@@H]2C(=O)O)CC1. The van der Waals surface area contributed by atoms with Crippen molar-refractivity contribution < 1.29 is 36.7 Å². The first-order valence-electron chi connectivity index (χ1n) is 15.8. The largest absolute Gasteiger partial charge is 0.480 e. The highest BCUT2D eigenvalue weighted by Crippen LogP contribution is 2.40. The zero-order valence-corrected chi connectivity index (χ0v) is 28.1. The molecule has 262 valence electrons. The van der Waals surface area contributed by atoms with Gasteiger partial charge in [-0.3, -0.25) is 14.7 Å². The Hall–Kier alpha value is -4.61. The summed E-state index contributed by atoms with van der Waals surface area (Å²) in [5, 5.41) is 19.9. The first kappa shape index (κ1) is 34.3. The van der Waals surface area contributed by atoms with Crippen molar-refractivity contribution in [3.63, 3.8) is 0 Å². The second kappa shape index (κ2) is 12.7. The molecule has 6 rings (SSSR count). The van der Waals surface area contributed by atoms with Gasteiger partial charge < -0.3 is 30.9 Å². The number of likely N-dealkylation sites (N-methyl/N-ethyl adjacent to an activating group) is 1. The van der Waals surface area contributed by atoms with Crippen LogP contribution in [0.4, 0.5) is 26.0 Å². The number of carboxylic acids is 1. The number of fused-ring (bicyclic) bond motifs is 1. The third-order valence-electron chi connectivity index (χ3n) is 9.47. The molecular formula is C32H38F2N8O6S. The summed E-state index contributed by atoms with van der Waals surface area (Å²) in [5.41, 5.74) is 6.71. The van der Waals surface area contributed by atoms with E-state index in [9.17, 15) is 36.7 Å². The van der Waals surface area contributed by atoms with Gasteiger partial charge in [-0.25, -0.2) is 22.0 Å². The minimum absolute atomic E-state index is 0.0110. The molecule has 3 aliphatic rings. The summed E-state index contributed by atoms with van der Waals surface area (Å²) in [6.07, 6.45) is 1.03. The number of anilines is 3. The number of halogens is 2. The van der Waals surface area contributed by atoms with Crippen LogP contribution in [0.2, 0.25) is 0 Å². The Morgan fingerprint density at radius 2 is 1.65 bits per heavy atom. The molecule has 0 bridgehead atoms. The van der Waals surface area contributed by atoms with Crippen LogP contribution in [-0.4, -0.2) is 103 Å². The minimum Gasteiger partial charge on any atom is -0.480 e. The molecule has 2 fully saturated rings. The van der Waals surface area contributed by atoms with Crippen molar-refractivity contribution in [1.29, 1.82) is 0 Å². The molecule has 3 aromatic rings. The number of rotatable bonds is 8. The fourth-order valence-electron chi connectivity index (χ4n) is 6.92. The zero-order valence-electron chi connectivity index (χ0n) is 27.3. The van der Waals surface area contributed by atoms with Gasteiger partial charge >= 0.3 is 5.97 Å². The average molecular weight is 701 g/mol. The van der Waals surface area contributed by atoms with E-state index in [4.69, 9.17) is 5.73 Å². The van der Waals surface area contributed by atoms with Crippen LogP contribution in [0.5, 0.6) is 0 Å². The van der Waals surface area contributed by atoms with Crippen molar-refractivity contribution in [3.8, 4) is 0 Å². The molecule has 2 amide bonds. The standard InChI is InChI=1S/C32H38F2N8O6S/c1-32(2)17-41(49(47,48)20-12-18(33)11-19(34)13-20)16-23-27(32)37-38-29(23)36-30(44)22-15-26(42-6-4-5-24(42)31(45)46)25(14-21(22)28(35)43)40-9-7-39(3)8-10-40/h11-15,24H,4-10,16-17H2,1-3H3,(H2,35,43)(H,45,46)(H2,36,37,38,44)/t24-/m1/s1. The van der Waals surface area contributed by atoms with Crippen LogP contribution in [0.1, 0.15) is 58.7 Å². The maximum absolute atomic E-state index is 14.0. The Morgan fingerprint density at radius 3 is 2.29 bits per heavy atom. The lowest BCUT2D eigenvalue weighted by molar-refractivity contribution is -0.138. The fourth-order valence-corrected chi connectivity index (χ4v) is 8.53. The highest BCUT2D eigenvalue weighted by Gasteiger charge is 2.41. The number of carbonyl (C=O) groups excluding carboxylic acids is 2. The lowest BCUT2D eigenvalue weighted by atomic mass is 9.84. The molecule has 49 heavy (non-hydrogen) atoms. The van der Waals surface area contributed by atoms with Crippen LogP contribution < -0.4 is 20.9 Å². The molecule has 0 spiro atoms. The number of aliphatic carboxylic acids is 1. The van der Waals surface area contributed by atoms with E-state index in [-0.39, 0.29) is 30.0 Å². The fraction of sp³-hybridized carbons (Fsp3) is 0.438. The van der Waals surface area contributed by atoms with Crippen molar-refractivity contribution in [2.24, 2.45) is 5.73 Å². The number of aromatic nitrogens is 2. The summed E-state index contributed by atoms with van der Waals surface area (Å²) in [7, 11) is -2.39. The number of nitrogens with zero attached hydrogens (tertiary/aromatic N) is 5. The quantitative estimate of drug-likeness (QED) is 0.272. The second-order valence-corrected chi connectivity index (χ2v) is 15.3. The van der Waals surface area contributed by atoms with Gasteiger partial charge in [0.1, 0.15) is 17.7 Å². The van der Waals surface area contributed by atoms with E-state index in [1.54, 1.807) is 18.7 Å². The molecule has 0 saturated carbocycles. The topological polar surface area (TPSA) is 185 Å². The third kappa shape index (κ3) is 6.45. The van der Waals surface area contributed by atoms with Crippen molar-refractivity contribution >= 4 is 45.0 Å². The number of benzene rings is 2. The third-order valence-corrected chi connectivity index (χ3v) is 11.2. The summed E-state index contributed by atoms with van der Waals surface area (Å²) in [6.45, 7) is 6.28. The smallest absolute Gasteiger partial charge is 0.326 e. The molecule has 1 atom stereocenters. The number of piperazine rings is 1. The molecule has 0 aliphatic carbocycles. The number of nitrogens with one attached hydrogen (secondary N) is 2. The van der Waals surface area contributed by atoms with Crippen molar-refractivity contribution in [3.05, 3.63) is 64.4 Å². The van der Waals surface area contributed by atoms with E-state index in [0.717, 1.165) is 29.5 Å². The number of carboxylic acid groups (broad SMARTS) is 1. The van der Waals surface area contributed by atoms with Gasteiger partial charge in [0.25, 0.3) is 5.91 Å². The highest BCUT2D eigenvalue weighted by atomic mass is 32.2. The van der Waals surface area contributed by atoms with Gasteiger partial charge in [-0.1, -0.05) is 13.8 Å². The van der Waals surface area contributed by atoms with Gasteiger partial charge in [-0.2, -0.15) is 9.40 Å². The summed E-state index contributed by atoms with van der Waals surface area (Å²) >= 11 is 0. The maximum atomic E-state index is 14.0. The van der Waals surface area contributed by atoms with E-state index in [2.05, 4.69) is 20.4 Å². The molecule has 4 heterocycles. The summed E-state index contributed by atoms with van der Waals surface area (Å²) in [4.78, 5) is 44.5. The van der Waals surface area contributed by atoms with Crippen LogP contribution in [0.3, 0.4) is 0 Å². The highest BCUT2D eigenvalue weighted by molar-refractivity contribution is 7.89. The summed E-state index contributed by atoms with van der Waals surface area (Å²) in [6, 6.07) is 4.25. The monoisotopic (exact) mass is 700 g/mol. The van der Waals surface area contributed by atoms with Gasteiger partial charge in [0.05, 0.1) is 27.4 Å². The number of hydrogen-bond donors (Lipinski definition) is 4. The maximum Gasteiger partial charge on any atom is 0.326 e. The van der Waals surface area contributed by atoms with Gasteiger partial charge in [-0.15, -0.1) is 0 Å².